The standard InChI is InChI=1S/C19H25N3O6S/c1-5-12(2)15-6-8-16(9-7-15)21-17(23)11-27-18(24)10-20-29(25,26)19-13(3)22-28-14(19)4/h6-9,12,20H,5,10-11H2,1-4H3,(H,21,23)/t12-/m1/s1. The second kappa shape index (κ2) is 9.66. The summed E-state index contributed by atoms with van der Waals surface area (Å²) in [4.78, 5) is 23.6. The lowest BCUT2D eigenvalue weighted by molar-refractivity contribution is -0.146. The maximum absolute atomic E-state index is 12.2. The first-order valence-electron chi connectivity index (χ1n) is 9.12. The molecule has 1 amide bonds. The van der Waals surface area contributed by atoms with Crippen molar-refractivity contribution in [3.05, 3.63) is 41.3 Å². The van der Waals surface area contributed by atoms with Crippen LogP contribution in [0.15, 0.2) is 33.7 Å². The predicted octanol–water partition coefficient (Wildman–Crippen LogP) is 2.27. The fraction of sp³-hybridized carbons (Fsp3) is 0.421. The number of aryl methyl sites for hydroxylation is 2. The number of sulfonamides is 1. The highest BCUT2D eigenvalue weighted by Gasteiger charge is 2.25. The van der Waals surface area contributed by atoms with Crippen LogP contribution in [-0.2, 0) is 24.3 Å². The summed E-state index contributed by atoms with van der Waals surface area (Å²) in [5.41, 5.74) is 1.93. The van der Waals surface area contributed by atoms with Gasteiger partial charge in [-0.05, 0) is 43.9 Å². The van der Waals surface area contributed by atoms with Gasteiger partial charge in [0.15, 0.2) is 12.4 Å². The number of nitrogens with zero attached hydrogens (tertiary/aromatic N) is 1. The highest BCUT2D eigenvalue weighted by molar-refractivity contribution is 7.89. The number of amides is 1. The fourth-order valence-corrected chi connectivity index (χ4v) is 3.90. The molecule has 158 valence electrons. The van der Waals surface area contributed by atoms with E-state index in [1.165, 1.54) is 19.4 Å². The van der Waals surface area contributed by atoms with E-state index >= 15 is 0 Å². The van der Waals surface area contributed by atoms with Crippen LogP contribution in [0.25, 0.3) is 0 Å². The maximum atomic E-state index is 12.2. The molecule has 29 heavy (non-hydrogen) atoms. The Bertz CT molecular complexity index is 947. The lowest BCUT2D eigenvalue weighted by atomic mass is 9.99. The molecule has 10 heteroatoms. The molecule has 1 aromatic carbocycles. The fourth-order valence-electron chi connectivity index (χ4n) is 2.61. The van der Waals surface area contributed by atoms with E-state index < -0.39 is 35.1 Å². The first-order chi connectivity index (χ1) is 13.6. The lowest BCUT2D eigenvalue weighted by Gasteiger charge is -2.11. The number of hydrogen-bond acceptors (Lipinski definition) is 7. The van der Waals surface area contributed by atoms with E-state index in [1.807, 2.05) is 12.1 Å². The van der Waals surface area contributed by atoms with E-state index in [4.69, 9.17) is 9.26 Å². The lowest BCUT2D eigenvalue weighted by Crippen LogP contribution is -2.32. The van der Waals surface area contributed by atoms with Crippen LogP contribution in [0.1, 0.15) is 43.2 Å². The van der Waals surface area contributed by atoms with Crippen LogP contribution < -0.4 is 10.0 Å². The predicted molar refractivity (Wildman–Crippen MR) is 106 cm³/mol. The van der Waals surface area contributed by atoms with Crippen LogP contribution in [0.5, 0.6) is 0 Å². The average molecular weight is 423 g/mol. The van der Waals surface area contributed by atoms with E-state index in [2.05, 4.69) is 29.0 Å². The first-order valence-corrected chi connectivity index (χ1v) is 10.6. The minimum absolute atomic E-state index is 0.113. The second-order valence-corrected chi connectivity index (χ2v) is 8.32. The van der Waals surface area contributed by atoms with Crippen LogP contribution in [0.3, 0.4) is 0 Å². The van der Waals surface area contributed by atoms with Gasteiger partial charge in [0.2, 0.25) is 10.0 Å². The molecular weight excluding hydrogens is 398 g/mol. The summed E-state index contributed by atoms with van der Waals surface area (Å²) < 4.78 is 36.2. The summed E-state index contributed by atoms with van der Waals surface area (Å²) in [6.45, 7) is 5.99. The van der Waals surface area contributed by atoms with Gasteiger partial charge < -0.3 is 14.6 Å². The molecule has 0 unspecified atom stereocenters. The molecule has 0 saturated carbocycles. The average Bonchev–Trinajstić information content (AvgIpc) is 3.03. The summed E-state index contributed by atoms with van der Waals surface area (Å²) in [7, 11) is -3.98. The topological polar surface area (TPSA) is 128 Å². The van der Waals surface area contributed by atoms with Gasteiger partial charge >= 0.3 is 5.97 Å². The van der Waals surface area contributed by atoms with Gasteiger partial charge in [-0.15, -0.1) is 0 Å². The number of carbonyl (C=O) groups is 2. The Labute approximate surface area is 169 Å². The molecule has 0 bridgehead atoms. The van der Waals surface area contributed by atoms with Crippen LogP contribution >= 0.6 is 0 Å². The molecule has 0 aliphatic heterocycles. The van der Waals surface area contributed by atoms with E-state index in [0.29, 0.717) is 11.6 Å². The number of ether oxygens (including phenoxy) is 1. The molecule has 1 aromatic heterocycles. The van der Waals surface area contributed by atoms with Gasteiger partial charge in [0.1, 0.15) is 17.1 Å². The van der Waals surface area contributed by atoms with Gasteiger partial charge in [0.25, 0.3) is 5.91 Å². The molecule has 1 heterocycles. The van der Waals surface area contributed by atoms with Gasteiger partial charge in [-0.1, -0.05) is 31.1 Å². The maximum Gasteiger partial charge on any atom is 0.321 e. The number of benzene rings is 1. The number of nitrogens with one attached hydrogen (secondary N) is 2. The Morgan fingerprint density at radius 3 is 2.41 bits per heavy atom. The van der Waals surface area contributed by atoms with Crippen molar-refractivity contribution in [3.63, 3.8) is 0 Å². The van der Waals surface area contributed by atoms with Crippen LogP contribution in [0.2, 0.25) is 0 Å². The number of esters is 1. The molecule has 2 N–H and O–H groups in total. The Morgan fingerprint density at radius 1 is 1.21 bits per heavy atom. The van der Waals surface area contributed by atoms with Crippen LogP contribution in [0.4, 0.5) is 5.69 Å². The van der Waals surface area contributed by atoms with Gasteiger partial charge in [-0.3, -0.25) is 9.59 Å². The summed E-state index contributed by atoms with van der Waals surface area (Å²) in [5, 5.41) is 6.18. The molecule has 9 nitrogen and oxygen atoms in total. The smallest absolute Gasteiger partial charge is 0.321 e. The third-order valence-corrected chi connectivity index (χ3v) is 6.03. The highest BCUT2D eigenvalue weighted by atomic mass is 32.2. The summed E-state index contributed by atoms with van der Waals surface area (Å²) in [6, 6.07) is 7.41. The number of rotatable bonds is 9. The van der Waals surface area contributed by atoms with Crippen LogP contribution in [-0.4, -0.2) is 38.6 Å². The zero-order chi connectivity index (χ0) is 21.6. The van der Waals surface area contributed by atoms with E-state index in [-0.39, 0.29) is 16.3 Å². The zero-order valence-electron chi connectivity index (χ0n) is 16.8. The Hall–Kier alpha value is -2.72. The Kier molecular flexibility index (Phi) is 7.52. The van der Waals surface area contributed by atoms with Crippen LogP contribution in [0, 0.1) is 13.8 Å². The number of hydrogen-bond donors (Lipinski definition) is 2. The SMILES string of the molecule is CC[C@@H](C)c1ccc(NC(=O)COC(=O)CNS(=O)(=O)c2c(C)noc2C)cc1. The summed E-state index contributed by atoms with van der Waals surface area (Å²) in [6.07, 6.45) is 1.02. The van der Waals surface area contributed by atoms with Crippen molar-refractivity contribution in [2.75, 3.05) is 18.5 Å². The molecule has 2 aromatic rings. The quantitative estimate of drug-likeness (QED) is 0.592. The molecule has 2 rings (SSSR count). The third-order valence-electron chi connectivity index (χ3n) is 4.38. The molecule has 0 spiro atoms. The molecule has 0 aliphatic carbocycles. The van der Waals surface area contributed by atoms with E-state index in [0.717, 1.165) is 6.42 Å². The monoisotopic (exact) mass is 423 g/mol. The normalized spacial score (nSPS) is 12.4. The number of carbonyl (C=O) groups excluding carboxylic acids is 2. The highest BCUT2D eigenvalue weighted by Crippen LogP contribution is 2.20. The van der Waals surface area contributed by atoms with E-state index in [1.54, 1.807) is 12.1 Å². The van der Waals surface area contributed by atoms with Gasteiger partial charge in [-0.25, -0.2) is 8.42 Å². The molecular formula is C19H25N3O6S. The Balaban J connectivity index is 1.81. The molecule has 0 saturated heterocycles. The van der Waals surface area contributed by atoms with Crippen molar-refractivity contribution >= 4 is 27.6 Å². The zero-order valence-corrected chi connectivity index (χ0v) is 17.6. The van der Waals surface area contributed by atoms with Crippen molar-refractivity contribution in [2.24, 2.45) is 0 Å². The Morgan fingerprint density at radius 2 is 1.86 bits per heavy atom. The van der Waals surface area contributed by atoms with Crippen molar-refractivity contribution in [1.29, 1.82) is 0 Å². The second-order valence-electron chi connectivity index (χ2n) is 6.62. The van der Waals surface area contributed by atoms with Gasteiger partial charge in [0, 0.05) is 5.69 Å². The minimum atomic E-state index is -3.98. The number of aromatic nitrogens is 1. The van der Waals surface area contributed by atoms with E-state index in [9.17, 15) is 18.0 Å². The largest absolute Gasteiger partial charge is 0.455 e. The van der Waals surface area contributed by atoms with Gasteiger partial charge in [0.05, 0.1) is 0 Å². The first kappa shape index (κ1) is 22.6. The third kappa shape index (κ3) is 6.13. The minimum Gasteiger partial charge on any atom is -0.455 e. The molecule has 0 radical (unpaired) electrons. The number of anilines is 1. The van der Waals surface area contributed by atoms with Crippen molar-refractivity contribution < 1.29 is 27.3 Å². The molecule has 0 fully saturated rings. The summed E-state index contributed by atoms with van der Waals surface area (Å²) in [5.74, 6) is -0.872. The molecule has 1 atom stereocenters. The van der Waals surface area contributed by atoms with Crippen molar-refractivity contribution in [3.8, 4) is 0 Å². The van der Waals surface area contributed by atoms with Crippen molar-refractivity contribution in [1.82, 2.24) is 9.88 Å². The van der Waals surface area contributed by atoms with Gasteiger partial charge in [-0.2, -0.15) is 4.72 Å². The molecule has 0 aliphatic rings. The van der Waals surface area contributed by atoms with Crippen molar-refractivity contribution in [2.45, 2.75) is 44.9 Å². The summed E-state index contributed by atoms with van der Waals surface area (Å²) >= 11 is 0.